The molecule has 0 spiro atoms. The Hall–Kier alpha value is -1.49. The van der Waals surface area contributed by atoms with Gasteiger partial charge in [0.1, 0.15) is 0 Å². The van der Waals surface area contributed by atoms with Gasteiger partial charge in [0.2, 0.25) is 0 Å². The van der Waals surface area contributed by atoms with Gasteiger partial charge in [0, 0.05) is 18.7 Å². The van der Waals surface area contributed by atoms with Crippen LogP contribution in [0.25, 0.3) is 5.78 Å². The first-order valence-electron chi connectivity index (χ1n) is 4.63. The third-order valence-corrected chi connectivity index (χ3v) is 2.06. The van der Waals surface area contributed by atoms with Gasteiger partial charge < -0.3 is 5.73 Å². The van der Waals surface area contributed by atoms with Gasteiger partial charge in [-0.25, -0.2) is 4.98 Å². The second-order valence-corrected chi connectivity index (χ2v) is 3.48. The first-order valence-corrected chi connectivity index (χ1v) is 4.63. The van der Waals surface area contributed by atoms with Crippen molar-refractivity contribution in [2.24, 2.45) is 5.73 Å². The lowest BCUT2D eigenvalue weighted by Gasteiger charge is -1.97. The van der Waals surface area contributed by atoms with Gasteiger partial charge >= 0.3 is 0 Å². The van der Waals surface area contributed by atoms with Gasteiger partial charge in [-0.05, 0) is 6.07 Å². The molecule has 0 aliphatic carbocycles. The summed E-state index contributed by atoms with van der Waals surface area (Å²) in [5.74, 6) is 1.73. The van der Waals surface area contributed by atoms with Crippen molar-refractivity contribution in [1.82, 2.24) is 19.6 Å². The van der Waals surface area contributed by atoms with Crippen molar-refractivity contribution in [3.63, 3.8) is 0 Å². The van der Waals surface area contributed by atoms with E-state index >= 15 is 0 Å². The molecule has 2 aromatic heterocycles. The lowest BCUT2D eigenvalue weighted by atomic mass is 10.2. The van der Waals surface area contributed by atoms with Crippen LogP contribution in [-0.4, -0.2) is 19.6 Å². The number of hydrogen-bond donors (Lipinski definition) is 1. The number of aromatic nitrogens is 4. The van der Waals surface area contributed by atoms with Crippen LogP contribution in [0.15, 0.2) is 12.3 Å². The van der Waals surface area contributed by atoms with Crippen LogP contribution in [0.1, 0.15) is 31.3 Å². The Bertz CT molecular complexity index is 445. The van der Waals surface area contributed by atoms with Gasteiger partial charge in [0.25, 0.3) is 5.78 Å². The lowest BCUT2D eigenvalue weighted by molar-refractivity contribution is 0.748. The highest BCUT2D eigenvalue weighted by Gasteiger charge is 2.09. The minimum Gasteiger partial charge on any atom is -0.325 e. The molecule has 14 heavy (non-hydrogen) atoms. The first-order chi connectivity index (χ1) is 6.72. The van der Waals surface area contributed by atoms with Crippen LogP contribution in [0.3, 0.4) is 0 Å². The van der Waals surface area contributed by atoms with Crippen molar-refractivity contribution in [1.29, 1.82) is 0 Å². The van der Waals surface area contributed by atoms with E-state index in [-0.39, 0.29) is 0 Å². The molecule has 0 unspecified atom stereocenters. The normalized spacial score (nSPS) is 11.4. The summed E-state index contributed by atoms with van der Waals surface area (Å²) >= 11 is 0. The van der Waals surface area contributed by atoms with Gasteiger partial charge in [0.15, 0.2) is 5.82 Å². The highest BCUT2D eigenvalue weighted by atomic mass is 15.3. The molecule has 2 N–H and O–H groups in total. The first kappa shape index (κ1) is 9.08. The van der Waals surface area contributed by atoms with Crippen LogP contribution in [0.4, 0.5) is 0 Å². The lowest BCUT2D eigenvalue weighted by Crippen LogP contribution is -2.05. The van der Waals surface area contributed by atoms with Gasteiger partial charge in [-0.15, -0.1) is 5.10 Å². The third-order valence-electron chi connectivity index (χ3n) is 2.06. The van der Waals surface area contributed by atoms with E-state index in [2.05, 4.69) is 28.9 Å². The Balaban J connectivity index is 2.64. The van der Waals surface area contributed by atoms with Crippen LogP contribution in [0.2, 0.25) is 0 Å². The van der Waals surface area contributed by atoms with Crippen LogP contribution in [0, 0.1) is 0 Å². The summed E-state index contributed by atoms with van der Waals surface area (Å²) in [6, 6.07) is 1.85. The molecule has 0 atom stereocenters. The largest absolute Gasteiger partial charge is 0.325 e. The molecule has 74 valence electrons. The summed E-state index contributed by atoms with van der Waals surface area (Å²) in [6.45, 7) is 4.55. The molecule has 0 aromatic carbocycles. The van der Waals surface area contributed by atoms with E-state index in [1.54, 1.807) is 10.7 Å². The quantitative estimate of drug-likeness (QED) is 0.758. The topological polar surface area (TPSA) is 69.1 Å². The molecule has 0 fully saturated rings. The van der Waals surface area contributed by atoms with E-state index in [4.69, 9.17) is 5.73 Å². The summed E-state index contributed by atoms with van der Waals surface area (Å²) < 4.78 is 1.70. The molecule has 0 saturated heterocycles. The van der Waals surface area contributed by atoms with E-state index < -0.39 is 0 Å². The van der Waals surface area contributed by atoms with E-state index in [0.29, 0.717) is 18.2 Å². The highest BCUT2D eigenvalue weighted by Crippen LogP contribution is 2.10. The van der Waals surface area contributed by atoms with Gasteiger partial charge in [-0.3, -0.25) is 0 Å². The summed E-state index contributed by atoms with van der Waals surface area (Å²) in [6.07, 6.45) is 1.70. The van der Waals surface area contributed by atoms with Crippen LogP contribution < -0.4 is 5.73 Å². The van der Waals surface area contributed by atoms with Crippen molar-refractivity contribution < 1.29 is 0 Å². The molecular weight excluding hydrogens is 178 g/mol. The monoisotopic (exact) mass is 191 g/mol. The maximum Gasteiger partial charge on any atom is 0.252 e. The minimum absolute atomic E-state index is 0.308. The highest BCUT2D eigenvalue weighted by molar-refractivity contribution is 5.29. The zero-order valence-electron chi connectivity index (χ0n) is 8.31. The second kappa shape index (κ2) is 3.34. The fourth-order valence-electron chi connectivity index (χ4n) is 1.26. The molecule has 5 heteroatoms. The minimum atomic E-state index is 0.308. The van der Waals surface area contributed by atoms with Crippen molar-refractivity contribution in [3.05, 3.63) is 23.8 Å². The summed E-state index contributed by atoms with van der Waals surface area (Å²) in [5.41, 5.74) is 6.51. The van der Waals surface area contributed by atoms with Crippen LogP contribution in [-0.2, 0) is 6.54 Å². The molecule has 2 heterocycles. The maximum atomic E-state index is 5.58. The predicted molar refractivity (Wildman–Crippen MR) is 52.8 cm³/mol. The van der Waals surface area contributed by atoms with Crippen LogP contribution in [0.5, 0.6) is 0 Å². The third kappa shape index (κ3) is 1.35. The number of hydrogen-bond acceptors (Lipinski definition) is 4. The molecule has 0 bridgehead atoms. The number of fused-ring (bicyclic) bond motifs is 1. The zero-order chi connectivity index (χ0) is 10.1. The van der Waals surface area contributed by atoms with Gasteiger partial charge in [0.05, 0.1) is 5.69 Å². The van der Waals surface area contributed by atoms with Crippen LogP contribution >= 0.6 is 0 Å². The Morgan fingerprint density at radius 3 is 2.93 bits per heavy atom. The van der Waals surface area contributed by atoms with E-state index in [1.807, 2.05) is 6.07 Å². The van der Waals surface area contributed by atoms with E-state index in [0.717, 1.165) is 11.5 Å². The molecule has 5 nitrogen and oxygen atoms in total. The van der Waals surface area contributed by atoms with Crippen molar-refractivity contribution >= 4 is 5.78 Å². The number of rotatable bonds is 2. The summed E-state index contributed by atoms with van der Waals surface area (Å²) in [7, 11) is 0. The fourth-order valence-corrected chi connectivity index (χ4v) is 1.26. The summed E-state index contributed by atoms with van der Waals surface area (Å²) in [4.78, 5) is 8.43. The van der Waals surface area contributed by atoms with Crippen molar-refractivity contribution in [3.8, 4) is 0 Å². The van der Waals surface area contributed by atoms with E-state index in [1.165, 1.54) is 0 Å². The average Bonchev–Trinajstić information content (AvgIpc) is 2.60. The van der Waals surface area contributed by atoms with Gasteiger partial charge in [-0.1, -0.05) is 13.8 Å². The van der Waals surface area contributed by atoms with Crippen molar-refractivity contribution in [2.75, 3.05) is 0 Å². The Kier molecular flexibility index (Phi) is 2.17. The smallest absolute Gasteiger partial charge is 0.252 e. The SMILES string of the molecule is CC(C)c1nc2nccc(CN)n2n1. The molecule has 2 aromatic rings. The molecule has 2 rings (SSSR count). The average molecular weight is 191 g/mol. The molecule has 0 amide bonds. The maximum absolute atomic E-state index is 5.58. The molecular formula is C9H13N5. The number of nitrogens with two attached hydrogens (primary N) is 1. The Morgan fingerprint density at radius 1 is 1.50 bits per heavy atom. The Morgan fingerprint density at radius 2 is 2.29 bits per heavy atom. The second-order valence-electron chi connectivity index (χ2n) is 3.48. The standard InChI is InChI=1S/C9H13N5/c1-6(2)8-12-9-11-4-3-7(5-10)14(9)13-8/h3-4,6H,5,10H2,1-2H3. The van der Waals surface area contributed by atoms with Gasteiger partial charge in [-0.2, -0.15) is 9.50 Å². The zero-order valence-corrected chi connectivity index (χ0v) is 8.31. The van der Waals surface area contributed by atoms with Crippen molar-refractivity contribution in [2.45, 2.75) is 26.3 Å². The molecule has 0 radical (unpaired) electrons. The molecule has 0 saturated carbocycles. The Labute approximate surface area is 82.0 Å². The summed E-state index contributed by atoms with van der Waals surface area (Å²) in [5, 5.41) is 4.35. The molecule has 0 aliphatic heterocycles. The molecule has 0 aliphatic rings. The van der Waals surface area contributed by atoms with E-state index in [9.17, 15) is 0 Å². The predicted octanol–water partition coefficient (Wildman–Crippen LogP) is 0.706. The fraction of sp³-hybridized carbons (Fsp3) is 0.444. The number of nitrogens with zero attached hydrogens (tertiary/aromatic N) is 4.